The predicted molar refractivity (Wildman–Crippen MR) is 203 cm³/mol. The Morgan fingerprint density at radius 2 is 1.15 bits per heavy atom. The van der Waals surface area contributed by atoms with E-state index in [1.54, 1.807) is 0 Å². The second-order valence-corrected chi connectivity index (χ2v) is 13.5. The second-order valence-electron chi connectivity index (χ2n) is 13.5. The molecule has 3 aliphatic carbocycles. The SMILES string of the molecule is C1=CC2=C(c3ccccc3)c3cc4c(cc3C(c3ccccc3)C2C=C1)-c1ccc2ccc3cccc5c(-c6ccccc6)c-4c1c2c35. The van der Waals surface area contributed by atoms with Gasteiger partial charge in [-0.25, -0.2) is 0 Å². The van der Waals surface area contributed by atoms with Crippen LogP contribution in [0.2, 0.25) is 0 Å². The Hall–Kier alpha value is -5.98. The number of hydrogen-bond donors (Lipinski definition) is 0. The minimum absolute atomic E-state index is 0.217. The van der Waals surface area contributed by atoms with Gasteiger partial charge in [-0.2, -0.15) is 0 Å². The van der Waals surface area contributed by atoms with Gasteiger partial charge >= 0.3 is 0 Å². The van der Waals surface area contributed by atoms with Crippen LogP contribution < -0.4 is 0 Å². The van der Waals surface area contributed by atoms with E-state index < -0.39 is 0 Å². The zero-order valence-electron chi connectivity index (χ0n) is 26.3. The molecule has 0 saturated heterocycles. The van der Waals surface area contributed by atoms with Crippen molar-refractivity contribution in [3.63, 3.8) is 0 Å². The van der Waals surface area contributed by atoms with E-state index in [0.717, 1.165) is 0 Å². The molecule has 0 nitrogen and oxygen atoms in total. The van der Waals surface area contributed by atoms with Gasteiger partial charge in [0.15, 0.2) is 0 Å². The number of rotatable bonds is 3. The molecule has 0 saturated carbocycles. The highest BCUT2D eigenvalue weighted by atomic mass is 14.4. The standard InChI is InChI=1S/C48H30/c1-4-13-29(14-5-1)42-34-20-10-11-21-35(34)43(30-15-6-2-7-16-30)41-28-39-38(27-40(41)42)36-26-25-33-24-23-32-19-12-22-37-44(32)46(33)47(36)48(39)45(37)31-17-8-3-9-18-31/h1-28,34,42H. The van der Waals surface area contributed by atoms with E-state index >= 15 is 0 Å². The van der Waals surface area contributed by atoms with Crippen LogP contribution in [0.15, 0.2) is 175 Å². The van der Waals surface area contributed by atoms with E-state index in [2.05, 4.69) is 170 Å². The quantitative estimate of drug-likeness (QED) is 0.176. The van der Waals surface area contributed by atoms with Crippen LogP contribution in [0.4, 0.5) is 0 Å². The third-order valence-electron chi connectivity index (χ3n) is 11.1. The molecule has 11 rings (SSSR count). The normalized spacial score (nSPS) is 17.3. The smallest absolute Gasteiger partial charge is 0.0199 e. The van der Waals surface area contributed by atoms with Gasteiger partial charge in [0.1, 0.15) is 0 Å². The lowest BCUT2D eigenvalue weighted by Crippen LogP contribution is -2.23. The molecule has 8 aromatic carbocycles. The van der Waals surface area contributed by atoms with Gasteiger partial charge in [0, 0.05) is 11.8 Å². The highest BCUT2D eigenvalue weighted by Gasteiger charge is 2.38. The molecule has 0 heterocycles. The van der Waals surface area contributed by atoms with E-state index in [4.69, 9.17) is 0 Å². The Bertz CT molecular complexity index is 2690. The molecule has 0 N–H and O–H groups in total. The van der Waals surface area contributed by atoms with E-state index in [1.807, 2.05) is 0 Å². The highest BCUT2D eigenvalue weighted by Crippen LogP contribution is 2.59. The summed E-state index contributed by atoms with van der Waals surface area (Å²) in [5.41, 5.74) is 16.2. The van der Waals surface area contributed by atoms with Crippen molar-refractivity contribution in [3.8, 4) is 33.4 Å². The van der Waals surface area contributed by atoms with Crippen molar-refractivity contribution in [3.05, 3.63) is 198 Å². The van der Waals surface area contributed by atoms with E-state index in [1.165, 1.54) is 99.1 Å². The van der Waals surface area contributed by atoms with Gasteiger partial charge in [0.25, 0.3) is 0 Å². The molecule has 0 bridgehead atoms. The first-order valence-corrected chi connectivity index (χ1v) is 17.0. The molecule has 0 heteroatoms. The summed E-state index contributed by atoms with van der Waals surface area (Å²) in [6.45, 7) is 0. The maximum absolute atomic E-state index is 2.57. The number of allylic oxidation sites excluding steroid dienone is 5. The van der Waals surface area contributed by atoms with E-state index in [9.17, 15) is 0 Å². The Kier molecular flexibility index (Phi) is 5.32. The summed E-state index contributed by atoms with van der Waals surface area (Å²) in [7, 11) is 0. The fourth-order valence-electron chi connectivity index (χ4n) is 9.26. The van der Waals surface area contributed by atoms with Crippen molar-refractivity contribution in [2.45, 2.75) is 5.92 Å². The molecule has 222 valence electrons. The highest BCUT2D eigenvalue weighted by molar-refractivity contribution is 6.36. The Labute approximate surface area is 280 Å². The Morgan fingerprint density at radius 3 is 1.94 bits per heavy atom. The van der Waals surface area contributed by atoms with Gasteiger partial charge < -0.3 is 0 Å². The van der Waals surface area contributed by atoms with Crippen molar-refractivity contribution in [1.82, 2.24) is 0 Å². The molecule has 3 aliphatic rings. The number of benzene rings is 8. The first kappa shape index (κ1) is 26.1. The molecule has 2 unspecified atom stereocenters. The lowest BCUT2D eigenvalue weighted by molar-refractivity contribution is 0.649. The van der Waals surface area contributed by atoms with Gasteiger partial charge in [-0.05, 0) is 111 Å². The van der Waals surface area contributed by atoms with Gasteiger partial charge in [-0.1, -0.05) is 158 Å². The second kappa shape index (κ2) is 9.77. The zero-order chi connectivity index (χ0) is 31.3. The average molecular weight is 607 g/mol. The monoisotopic (exact) mass is 606 g/mol. The van der Waals surface area contributed by atoms with Crippen LogP contribution in [-0.2, 0) is 0 Å². The van der Waals surface area contributed by atoms with Crippen LogP contribution in [0.1, 0.15) is 28.2 Å². The first-order chi connectivity index (χ1) is 23.8. The summed E-state index contributed by atoms with van der Waals surface area (Å²) in [6, 6.07) is 54.6. The summed E-state index contributed by atoms with van der Waals surface area (Å²) in [5, 5.41) is 8.12. The third-order valence-corrected chi connectivity index (χ3v) is 11.1. The van der Waals surface area contributed by atoms with Gasteiger partial charge in [-0.3, -0.25) is 0 Å². The van der Waals surface area contributed by atoms with Crippen LogP contribution in [0.5, 0.6) is 0 Å². The van der Waals surface area contributed by atoms with E-state index in [-0.39, 0.29) is 11.8 Å². The van der Waals surface area contributed by atoms with Crippen LogP contribution in [0.25, 0.3) is 71.3 Å². The van der Waals surface area contributed by atoms with Crippen molar-refractivity contribution in [2.24, 2.45) is 5.92 Å². The molecule has 0 fully saturated rings. The van der Waals surface area contributed by atoms with Crippen LogP contribution in [-0.4, -0.2) is 0 Å². The van der Waals surface area contributed by atoms with Gasteiger partial charge in [0.2, 0.25) is 0 Å². The van der Waals surface area contributed by atoms with Crippen molar-refractivity contribution < 1.29 is 0 Å². The number of fused-ring (bicyclic) bond motifs is 5. The summed E-state index contributed by atoms with van der Waals surface area (Å²) in [6.07, 6.45) is 9.25. The van der Waals surface area contributed by atoms with Gasteiger partial charge in [-0.15, -0.1) is 0 Å². The van der Waals surface area contributed by atoms with Crippen molar-refractivity contribution in [1.29, 1.82) is 0 Å². The van der Waals surface area contributed by atoms with Crippen molar-refractivity contribution in [2.75, 3.05) is 0 Å². The molecule has 0 radical (unpaired) electrons. The fraction of sp³-hybridized carbons (Fsp3) is 0.0417. The van der Waals surface area contributed by atoms with Crippen LogP contribution >= 0.6 is 0 Å². The topological polar surface area (TPSA) is 0 Å². The largest absolute Gasteiger partial charge is 0.0760 e. The minimum atomic E-state index is 0.217. The fourth-order valence-corrected chi connectivity index (χ4v) is 9.26. The van der Waals surface area contributed by atoms with Crippen LogP contribution in [0.3, 0.4) is 0 Å². The first-order valence-electron chi connectivity index (χ1n) is 17.0. The molecule has 0 aromatic heterocycles. The molecule has 2 atom stereocenters. The molecule has 0 amide bonds. The Balaban J connectivity index is 1.32. The summed E-state index contributed by atoms with van der Waals surface area (Å²) < 4.78 is 0. The van der Waals surface area contributed by atoms with E-state index in [0.29, 0.717) is 0 Å². The van der Waals surface area contributed by atoms with Crippen LogP contribution in [0, 0.1) is 5.92 Å². The maximum Gasteiger partial charge on any atom is 0.0199 e. The molecular weight excluding hydrogens is 577 g/mol. The molecule has 0 spiro atoms. The lowest BCUT2D eigenvalue weighted by Gasteiger charge is -2.37. The zero-order valence-corrected chi connectivity index (χ0v) is 26.3. The van der Waals surface area contributed by atoms with Gasteiger partial charge in [0.05, 0.1) is 0 Å². The maximum atomic E-state index is 2.57. The number of hydrogen-bond acceptors (Lipinski definition) is 0. The summed E-state index contributed by atoms with van der Waals surface area (Å²) >= 11 is 0. The predicted octanol–water partition coefficient (Wildman–Crippen LogP) is 12.6. The minimum Gasteiger partial charge on any atom is -0.0760 e. The molecule has 8 aromatic rings. The Morgan fingerprint density at radius 1 is 0.438 bits per heavy atom. The third kappa shape index (κ3) is 3.44. The summed E-state index contributed by atoms with van der Waals surface area (Å²) in [5.74, 6) is 0.472. The molecule has 48 heavy (non-hydrogen) atoms. The molecule has 0 aliphatic heterocycles. The molecular formula is C48H30. The van der Waals surface area contributed by atoms with Crippen molar-refractivity contribution >= 4 is 37.9 Å². The summed E-state index contributed by atoms with van der Waals surface area (Å²) in [4.78, 5) is 0. The lowest BCUT2D eigenvalue weighted by atomic mass is 9.66. The average Bonchev–Trinajstić information content (AvgIpc) is 3.47.